The highest BCUT2D eigenvalue weighted by Gasteiger charge is 2.28. The predicted molar refractivity (Wildman–Crippen MR) is 85.3 cm³/mol. The Labute approximate surface area is 122 Å². The quantitative estimate of drug-likeness (QED) is 0.859. The Morgan fingerprint density at radius 3 is 2.50 bits per heavy atom. The molecule has 1 aliphatic heterocycles. The minimum atomic E-state index is 0.588. The average Bonchev–Trinajstić information content (AvgIpc) is 2.51. The Kier molecular flexibility index (Phi) is 3.88. The van der Waals surface area contributed by atoms with Gasteiger partial charge in [0.1, 0.15) is 0 Å². The first kappa shape index (κ1) is 13.4. The topological polar surface area (TPSA) is 12.0 Å². The zero-order valence-electron chi connectivity index (χ0n) is 12.4. The third-order valence-corrected chi connectivity index (χ3v) is 4.76. The van der Waals surface area contributed by atoms with Crippen LogP contribution in [0.2, 0.25) is 0 Å². The zero-order chi connectivity index (χ0) is 13.9. The van der Waals surface area contributed by atoms with Gasteiger partial charge in [0.2, 0.25) is 0 Å². The van der Waals surface area contributed by atoms with E-state index < -0.39 is 0 Å². The van der Waals surface area contributed by atoms with Gasteiger partial charge in [-0.1, -0.05) is 48.5 Å². The van der Waals surface area contributed by atoms with Gasteiger partial charge < -0.3 is 5.32 Å². The van der Waals surface area contributed by atoms with E-state index >= 15 is 0 Å². The van der Waals surface area contributed by atoms with E-state index in [-0.39, 0.29) is 0 Å². The van der Waals surface area contributed by atoms with E-state index in [0.29, 0.717) is 11.8 Å². The summed E-state index contributed by atoms with van der Waals surface area (Å²) in [6.45, 7) is 6.70. The number of benzene rings is 2. The maximum Gasteiger partial charge on any atom is 0.00327 e. The molecule has 0 amide bonds. The van der Waals surface area contributed by atoms with Gasteiger partial charge in [0.25, 0.3) is 0 Å². The van der Waals surface area contributed by atoms with Crippen molar-refractivity contribution in [3.8, 4) is 0 Å². The fraction of sp³-hybridized carbons (Fsp3) is 0.368. The lowest BCUT2D eigenvalue weighted by Crippen LogP contribution is -2.34. The van der Waals surface area contributed by atoms with Crippen LogP contribution in [0.4, 0.5) is 0 Å². The number of hydrogen-bond acceptors (Lipinski definition) is 1. The van der Waals surface area contributed by atoms with E-state index in [1.807, 2.05) is 0 Å². The van der Waals surface area contributed by atoms with E-state index in [1.54, 1.807) is 5.56 Å². The van der Waals surface area contributed by atoms with Crippen molar-refractivity contribution in [1.29, 1.82) is 0 Å². The minimum Gasteiger partial charge on any atom is -0.316 e. The molecule has 0 aliphatic carbocycles. The molecule has 1 heterocycles. The number of hydrogen-bond donors (Lipinski definition) is 1. The summed E-state index contributed by atoms with van der Waals surface area (Å²) >= 11 is 0. The number of aryl methyl sites for hydroxylation is 1. The summed E-state index contributed by atoms with van der Waals surface area (Å²) in [7, 11) is 0. The Morgan fingerprint density at radius 1 is 0.900 bits per heavy atom. The van der Waals surface area contributed by atoms with Crippen molar-refractivity contribution < 1.29 is 0 Å². The summed E-state index contributed by atoms with van der Waals surface area (Å²) < 4.78 is 0. The van der Waals surface area contributed by atoms with E-state index in [2.05, 4.69) is 67.7 Å². The third-order valence-electron chi connectivity index (χ3n) is 4.76. The Balaban J connectivity index is 1.99. The number of rotatable bonds is 2. The van der Waals surface area contributed by atoms with Crippen molar-refractivity contribution in [1.82, 2.24) is 5.32 Å². The van der Waals surface area contributed by atoms with Crippen LogP contribution in [0.5, 0.6) is 0 Å². The van der Waals surface area contributed by atoms with Crippen molar-refractivity contribution in [3.05, 3.63) is 70.8 Å². The molecule has 20 heavy (non-hydrogen) atoms. The van der Waals surface area contributed by atoms with Gasteiger partial charge in [-0.2, -0.15) is 0 Å². The largest absolute Gasteiger partial charge is 0.316 e. The predicted octanol–water partition coefficient (Wildman–Crippen LogP) is 4.16. The second kappa shape index (κ2) is 5.80. The van der Waals surface area contributed by atoms with Crippen LogP contribution in [-0.4, -0.2) is 13.1 Å². The second-order valence-electron chi connectivity index (χ2n) is 5.91. The van der Waals surface area contributed by atoms with Gasteiger partial charge in [-0.05, 0) is 55.0 Å². The lowest BCUT2D eigenvalue weighted by Gasteiger charge is -2.34. The molecule has 2 aromatic rings. The zero-order valence-corrected chi connectivity index (χ0v) is 12.4. The minimum absolute atomic E-state index is 0.588. The molecule has 2 atom stereocenters. The molecular weight excluding hydrogens is 242 g/mol. The molecular formula is C19H23N. The van der Waals surface area contributed by atoms with E-state index in [0.717, 1.165) is 13.1 Å². The van der Waals surface area contributed by atoms with Crippen LogP contribution in [0, 0.1) is 13.8 Å². The molecule has 1 saturated heterocycles. The first-order valence-corrected chi connectivity index (χ1v) is 7.59. The Morgan fingerprint density at radius 2 is 1.70 bits per heavy atom. The maximum absolute atomic E-state index is 3.57. The van der Waals surface area contributed by atoms with Gasteiger partial charge in [-0.25, -0.2) is 0 Å². The summed E-state index contributed by atoms with van der Waals surface area (Å²) in [5, 5.41) is 3.57. The SMILES string of the molecule is Cc1cccc(C2CCNCC2c2ccccc2)c1C. The normalized spacial score (nSPS) is 22.7. The van der Waals surface area contributed by atoms with Crippen LogP contribution < -0.4 is 5.32 Å². The average molecular weight is 265 g/mol. The molecule has 1 N–H and O–H groups in total. The molecule has 104 valence electrons. The Bertz CT molecular complexity index is 574. The molecule has 2 aromatic carbocycles. The van der Waals surface area contributed by atoms with Crippen molar-refractivity contribution in [2.75, 3.05) is 13.1 Å². The van der Waals surface area contributed by atoms with Crippen molar-refractivity contribution in [2.45, 2.75) is 32.1 Å². The highest BCUT2D eigenvalue weighted by molar-refractivity contribution is 5.39. The molecule has 1 fully saturated rings. The van der Waals surface area contributed by atoms with Crippen LogP contribution in [0.1, 0.15) is 40.5 Å². The van der Waals surface area contributed by atoms with Gasteiger partial charge in [0, 0.05) is 12.5 Å². The first-order chi connectivity index (χ1) is 9.77. The van der Waals surface area contributed by atoms with Gasteiger partial charge >= 0.3 is 0 Å². The van der Waals surface area contributed by atoms with E-state index in [1.165, 1.54) is 23.1 Å². The lowest BCUT2D eigenvalue weighted by molar-refractivity contribution is 0.403. The van der Waals surface area contributed by atoms with Crippen LogP contribution in [0.3, 0.4) is 0 Å². The van der Waals surface area contributed by atoms with Crippen LogP contribution in [0.15, 0.2) is 48.5 Å². The van der Waals surface area contributed by atoms with E-state index in [4.69, 9.17) is 0 Å². The lowest BCUT2D eigenvalue weighted by atomic mass is 9.75. The fourth-order valence-corrected chi connectivity index (χ4v) is 3.46. The van der Waals surface area contributed by atoms with Crippen molar-refractivity contribution >= 4 is 0 Å². The monoisotopic (exact) mass is 265 g/mol. The van der Waals surface area contributed by atoms with Gasteiger partial charge in [-0.3, -0.25) is 0 Å². The first-order valence-electron chi connectivity index (χ1n) is 7.59. The molecule has 0 aromatic heterocycles. The maximum atomic E-state index is 3.57. The molecule has 1 aliphatic rings. The van der Waals surface area contributed by atoms with Crippen molar-refractivity contribution in [3.63, 3.8) is 0 Å². The molecule has 1 nitrogen and oxygen atoms in total. The van der Waals surface area contributed by atoms with Gasteiger partial charge in [-0.15, -0.1) is 0 Å². The standard InChI is InChI=1S/C19H23N/c1-14-7-6-10-17(15(14)2)18-11-12-20-13-19(18)16-8-4-3-5-9-16/h3-10,18-20H,11-13H2,1-2H3. The Hall–Kier alpha value is -1.60. The summed E-state index contributed by atoms with van der Waals surface area (Å²) in [4.78, 5) is 0. The molecule has 3 rings (SSSR count). The summed E-state index contributed by atoms with van der Waals surface area (Å²) in [6.07, 6.45) is 1.23. The van der Waals surface area contributed by atoms with Gasteiger partial charge in [0.05, 0.1) is 0 Å². The van der Waals surface area contributed by atoms with Gasteiger partial charge in [0.15, 0.2) is 0 Å². The molecule has 0 saturated carbocycles. The molecule has 2 unspecified atom stereocenters. The third kappa shape index (κ3) is 2.51. The smallest absolute Gasteiger partial charge is 0.00327 e. The van der Waals surface area contributed by atoms with Crippen LogP contribution in [0.25, 0.3) is 0 Å². The summed E-state index contributed by atoms with van der Waals surface area (Å²) in [5.74, 6) is 1.23. The highest BCUT2D eigenvalue weighted by atomic mass is 14.9. The van der Waals surface area contributed by atoms with Crippen LogP contribution in [-0.2, 0) is 0 Å². The number of piperidine rings is 1. The summed E-state index contributed by atoms with van der Waals surface area (Å²) in [6, 6.07) is 17.7. The van der Waals surface area contributed by atoms with Crippen molar-refractivity contribution in [2.24, 2.45) is 0 Å². The molecule has 0 radical (unpaired) electrons. The molecule has 1 heteroatoms. The molecule has 0 bridgehead atoms. The second-order valence-corrected chi connectivity index (χ2v) is 5.91. The van der Waals surface area contributed by atoms with E-state index in [9.17, 15) is 0 Å². The number of nitrogens with one attached hydrogen (secondary N) is 1. The fourth-order valence-electron chi connectivity index (χ4n) is 3.46. The van der Waals surface area contributed by atoms with Crippen LogP contribution >= 0.6 is 0 Å². The summed E-state index contributed by atoms with van der Waals surface area (Å²) in [5.41, 5.74) is 5.89. The highest BCUT2D eigenvalue weighted by Crippen LogP contribution is 2.39. The molecule has 0 spiro atoms.